The fourth-order valence-electron chi connectivity index (χ4n) is 1.67. The van der Waals surface area contributed by atoms with Gasteiger partial charge in [-0.15, -0.1) is 0 Å². The lowest BCUT2D eigenvalue weighted by Gasteiger charge is -2.25. The Kier molecular flexibility index (Phi) is 4.19. The normalized spacial score (nSPS) is 11.2. The van der Waals surface area contributed by atoms with Crippen LogP contribution in [0.2, 0.25) is 0 Å². The molecule has 18 heavy (non-hydrogen) atoms. The van der Waals surface area contributed by atoms with Gasteiger partial charge in [0.2, 0.25) is 0 Å². The zero-order valence-corrected chi connectivity index (χ0v) is 11.1. The number of benzene rings is 1. The minimum absolute atomic E-state index is 0.108. The van der Waals surface area contributed by atoms with Crippen LogP contribution in [-0.4, -0.2) is 47.3 Å². The second-order valence-electron chi connectivity index (χ2n) is 4.86. The molecule has 100 valence electrons. The highest BCUT2D eigenvalue weighted by atomic mass is 16.5. The van der Waals surface area contributed by atoms with Gasteiger partial charge in [0.15, 0.2) is 0 Å². The van der Waals surface area contributed by atoms with Crippen molar-refractivity contribution in [2.24, 2.45) is 0 Å². The summed E-state index contributed by atoms with van der Waals surface area (Å²) in [7, 11) is 3.06. The third-order valence-electron chi connectivity index (χ3n) is 2.40. The van der Waals surface area contributed by atoms with E-state index in [4.69, 9.17) is 4.74 Å². The van der Waals surface area contributed by atoms with Crippen LogP contribution >= 0.6 is 0 Å². The van der Waals surface area contributed by atoms with Crippen molar-refractivity contribution < 1.29 is 19.7 Å². The van der Waals surface area contributed by atoms with Crippen LogP contribution in [0.4, 0.5) is 0 Å². The molecule has 0 aliphatic rings. The van der Waals surface area contributed by atoms with Gasteiger partial charge < -0.3 is 19.8 Å². The van der Waals surface area contributed by atoms with Crippen molar-refractivity contribution in [3.8, 4) is 11.5 Å². The van der Waals surface area contributed by atoms with Gasteiger partial charge in [0.25, 0.3) is 5.91 Å². The summed E-state index contributed by atoms with van der Waals surface area (Å²) in [5.74, 6) is 0.0183. The van der Waals surface area contributed by atoms with Crippen molar-refractivity contribution in [1.82, 2.24) is 4.90 Å². The standard InChI is InChI=1S/C13H19NO4/c1-13(2,17)8-14(3)12(16)10-7-9(18-4)5-6-11(10)15/h5-7,15,17H,8H2,1-4H3. The molecule has 1 rings (SSSR count). The number of methoxy groups -OCH3 is 1. The molecule has 0 heterocycles. The Hall–Kier alpha value is -1.75. The van der Waals surface area contributed by atoms with Crippen molar-refractivity contribution in [1.29, 1.82) is 0 Å². The van der Waals surface area contributed by atoms with Crippen molar-refractivity contribution >= 4 is 5.91 Å². The molecule has 0 bridgehead atoms. The summed E-state index contributed by atoms with van der Waals surface area (Å²) in [5.41, 5.74) is -0.833. The topological polar surface area (TPSA) is 70.0 Å². The Balaban J connectivity index is 2.96. The first-order valence-corrected chi connectivity index (χ1v) is 5.59. The highest BCUT2D eigenvalue weighted by molar-refractivity contribution is 5.97. The number of rotatable bonds is 4. The number of aliphatic hydroxyl groups is 1. The number of phenols is 1. The van der Waals surface area contributed by atoms with Crippen LogP contribution in [0.1, 0.15) is 24.2 Å². The first-order valence-electron chi connectivity index (χ1n) is 5.59. The van der Waals surface area contributed by atoms with E-state index in [1.54, 1.807) is 27.0 Å². The van der Waals surface area contributed by atoms with Crippen LogP contribution in [-0.2, 0) is 0 Å². The summed E-state index contributed by atoms with van der Waals surface area (Å²) in [6.45, 7) is 3.40. The highest BCUT2D eigenvalue weighted by Crippen LogP contribution is 2.24. The number of carbonyl (C=O) groups is 1. The first-order chi connectivity index (χ1) is 8.24. The van der Waals surface area contributed by atoms with Crippen molar-refractivity contribution in [2.75, 3.05) is 20.7 Å². The van der Waals surface area contributed by atoms with Crippen LogP contribution < -0.4 is 4.74 Å². The van der Waals surface area contributed by atoms with E-state index in [1.165, 1.54) is 24.1 Å². The number of ether oxygens (including phenoxy) is 1. The van der Waals surface area contributed by atoms with Gasteiger partial charge in [-0.1, -0.05) is 0 Å². The fourth-order valence-corrected chi connectivity index (χ4v) is 1.67. The number of hydrogen-bond acceptors (Lipinski definition) is 4. The van der Waals surface area contributed by atoms with Gasteiger partial charge in [-0.3, -0.25) is 4.79 Å². The smallest absolute Gasteiger partial charge is 0.257 e. The second kappa shape index (κ2) is 5.27. The summed E-state index contributed by atoms with van der Waals surface area (Å²) >= 11 is 0. The number of amides is 1. The summed E-state index contributed by atoms with van der Waals surface area (Å²) in [4.78, 5) is 13.5. The molecule has 0 aromatic heterocycles. The Morgan fingerprint density at radius 2 is 2.06 bits per heavy atom. The van der Waals surface area contributed by atoms with Gasteiger partial charge in [-0.25, -0.2) is 0 Å². The van der Waals surface area contributed by atoms with Crippen molar-refractivity contribution in [3.05, 3.63) is 23.8 Å². The average molecular weight is 253 g/mol. The lowest BCUT2D eigenvalue weighted by molar-refractivity contribution is 0.0366. The molecule has 0 saturated carbocycles. The molecule has 5 heteroatoms. The van der Waals surface area contributed by atoms with E-state index in [-0.39, 0.29) is 23.8 Å². The third kappa shape index (κ3) is 3.63. The molecule has 0 saturated heterocycles. The Bertz CT molecular complexity index is 437. The monoisotopic (exact) mass is 253 g/mol. The number of carbonyl (C=O) groups excluding carboxylic acids is 1. The molecule has 5 nitrogen and oxygen atoms in total. The summed E-state index contributed by atoms with van der Waals surface area (Å²) in [5, 5.41) is 19.4. The number of aromatic hydroxyl groups is 1. The first kappa shape index (κ1) is 14.3. The van der Waals surface area contributed by atoms with Crippen LogP contribution in [0, 0.1) is 0 Å². The third-order valence-corrected chi connectivity index (χ3v) is 2.40. The number of phenolic OH excluding ortho intramolecular Hbond substituents is 1. The lowest BCUT2D eigenvalue weighted by Crippen LogP contribution is -2.39. The van der Waals surface area contributed by atoms with Crippen LogP contribution in [0.5, 0.6) is 11.5 Å². The Morgan fingerprint density at radius 3 is 2.56 bits per heavy atom. The molecular formula is C13H19NO4. The number of likely N-dealkylation sites (N-methyl/N-ethyl adjacent to an activating group) is 1. The zero-order chi connectivity index (χ0) is 13.9. The van der Waals surface area contributed by atoms with E-state index in [2.05, 4.69) is 0 Å². The molecule has 0 spiro atoms. The number of hydrogen-bond donors (Lipinski definition) is 2. The van der Waals surface area contributed by atoms with E-state index < -0.39 is 5.60 Å². The minimum Gasteiger partial charge on any atom is -0.507 e. The van der Waals surface area contributed by atoms with Gasteiger partial charge in [0, 0.05) is 13.6 Å². The second-order valence-corrected chi connectivity index (χ2v) is 4.86. The molecule has 1 amide bonds. The number of nitrogens with zero attached hydrogens (tertiary/aromatic N) is 1. The van der Waals surface area contributed by atoms with Gasteiger partial charge in [0.1, 0.15) is 11.5 Å². The van der Waals surface area contributed by atoms with E-state index in [1.807, 2.05) is 0 Å². The summed E-state index contributed by atoms with van der Waals surface area (Å²) < 4.78 is 5.01. The molecule has 1 aromatic carbocycles. The van der Waals surface area contributed by atoms with Crippen molar-refractivity contribution in [3.63, 3.8) is 0 Å². The predicted octanol–water partition coefficient (Wildman–Crippen LogP) is 1.24. The molecule has 0 fully saturated rings. The lowest BCUT2D eigenvalue weighted by atomic mass is 10.1. The van der Waals surface area contributed by atoms with Gasteiger partial charge in [-0.05, 0) is 32.0 Å². The molecule has 2 N–H and O–H groups in total. The van der Waals surface area contributed by atoms with E-state index in [9.17, 15) is 15.0 Å². The minimum atomic E-state index is -0.987. The fraction of sp³-hybridized carbons (Fsp3) is 0.462. The quantitative estimate of drug-likeness (QED) is 0.847. The van der Waals surface area contributed by atoms with Crippen LogP contribution in [0.15, 0.2) is 18.2 Å². The van der Waals surface area contributed by atoms with E-state index in [0.717, 1.165) is 0 Å². The molecule has 0 aliphatic carbocycles. The molecule has 0 aliphatic heterocycles. The molecule has 0 radical (unpaired) electrons. The molecule has 0 atom stereocenters. The molecule has 0 unspecified atom stereocenters. The average Bonchev–Trinajstić information content (AvgIpc) is 2.26. The SMILES string of the molecule is COc1ccc(O)c(C(=O)N(C)CC(C)(C)O)c1. The molecule has 1 aromatic rings. The van der Waals surface area contributed by atoms with Gasteiger partial charge in [0.05, 0.1) is 18.3 Å². The van der Waals surface area contributed by atoms with Crippen molar-refractivity contribution in [2.45, 2.75) is 19.4 Å². The maximum absolute atomic E-state index is 12.1. The maximum atomic E-state index is 12.1. The van der Waals surface area contributed by atoms with Crippen LogP contribution in [0.3, 0.4) is 0 Å². The maximum Gasteiger partial charge on any atom is 0.257 e. The predicted molar refractivity (Wildman–Crippen MR) is 67.9 cm³/mol. The summed E-state index contributed by atoms with van der Waals surface area (Å²) in [6.07, 6.45) is 0. The van der Waals surface area contributed by atoms with Gasteiger partial charge in [-0.2, -0.15) is 0 Å². The van der Waals surface area contributed by atoms with E-state index in [0.29, 0.717) is 5.75 Å². The van der Waals surface area contributed by atoms with Crippen LogP contribution in [0.25, 0.3) is 0 Å². The Morgan fingerprint density at radius 1 is 1.44 bits per heavy atom. The largest absolute Gasteiger partial charge is 0.507 e. The summed E-state index contributed by atoms with van der Waals surface area (Å²) in [6, 6.07) is 4.45. The van der Waals surface area contributed by atoms with E-state index >= 15 is 0 Å². The van der Waals surface area contributed by atoms with Gasteiger partial charge >= 0.3 is 0 Å². The Labute approximate surface area is 107 Å². The zero-order valence-electron chi connectivity index (χ0n) is 11.1. The molecular weight excluding hydrogens is 234 g/mol. The highest BCUT2D eigenvalue weighted by Gasteiger charge is 2.22.